The van der Waals surface area contributed by atoms with Gasteiger partial charge in [-0.1, -0.05) is 0 Å². The van der Waals surface area contributed by atoms with Crippen molar-refractivity contribution in [2.75, 3.05) is 32.5 Å². The third-order valence-corrected chi connectivity index (χ3v) is 5.13. The van der Waals surface area contributed by atoms with Gasteiger partial charge in [0.05, 0.1) is 4.90 Å². The van der Waals surface area contributed by atoms with E-state index in [0.29, 0.717) is 18.8 Å². The van der Waals surface area contributed by atoms with Gasteiger partial charge < -0.3 is 10.2 Å². The lowest BCUT2D eigenvalue weighted by Gasteiger charge is -2.16. The molecule has 2 rings (SSSR count). The monoisotopic (exact) mass is 297 g/mol. The van der Waals surface area contributed by atoms with Crippen LogP contribution in [0.15, 0.2) is 29.2 Å². The van der Waals surface area contributed by atoms with Gasteiger partial charge in [0.1, 0.15) is 0 Å². The normalized spacial score (nSPS) is 16.1. The Bertz CT molecular complexity index is 575. The molecule has 110 valence electrons. The van der Waals surface area contributed by atoms with Gasteiger partial charge >= 0.3 is 6.03 Å². The minimum absolute atomic E-state index is 0.250. The van der Waals surface area contributed by atoms with Crippen molar-refractivity contribution in [1.82, 2.24) is 9.21 Å². The van der Waals surface area contributed by atoms with E-state index in [4.69, 9.17) is 0 Å². The summed E-state index contributed by atoms with van der Waals surface area (Å²) in [7, 11) is -0.109. The molecule has 6 nitrogen and oxygen atoms in total. The average Bonchev–Trinajstić information content (AvgIpc) is 2.93. The average molecular weight is 297 g/mol. The topological polar surface area (TPSA) is 69.7 Å². The summed E-state index contributed by atoms with van der Waals surface area (Å²) in [5, 5.41) is 2.67. The van der Waals surface area contributed by atoms with Crippen LogP contribution in [0.5, 0.6) is 0 Å². The summed E-state index contributed by atoms with van der Waals surface area (Å²) in [5.74, 6) is 0. The third kappa shape index (κ3) is 3.10. The van der Waals surface area contributed by atoms with Gasteiger partial charge in [0, 0.05) is 32.9 Å². The van der Waals surface area contributed by atoms with E-state index in [1.165, 1.54) is 21.3 Å². The molecule has 1 aliphatic rings. The van der Waals surface area contributed by atoms with Gasteiger partial charge in [-0.3, -0.25) is 0 Å². The number of amides is 2. The Morgan fingerprint density at radius 3 is 2.20 bits per heavy atom. The number of hydrogen-bond donors (Lipinski definition) is 1. The second kappa shape index (κ2) is 5.80. The molecule has 0 aromatic heterocycles. The summed E-state index contributed by atoms with van der Waals surface area (Å²) >= 11 is 0. The molecule has 0 aliphatic carbocycles. The zero-order valence-corrected chi connectivity index (χ0v) is 12.5. The van der Waals surface area contributed by atoms with Crippen molar-refractivity contribution in [3.05, 3.63) is 24.3 Å². The van der Waals surface area contributed by atoms with Gasteiger partial charge in [-0.15, -0.1) is 0 Å². The summed E-state index contributed by atoms with van der Waals surface area (Å²) in [5.41, 5.74) is 0.573. The first-order valence-corrected chi connectivity index (χ1v) is 7.94. The fourth-order valence-corrected chi connectivity index (χ4v) is 3.54. The molecule has 0 radical (unpaired) electrons. The van der Waals surface area contributed by atoms with Crippen LogP contribution in [-0.2, 0) is 10.0 Å². The van der Waals surface area contributed by atoms with Gasteiger partial charge in [-0.2, -0.15) is 4.31 Å². The van der Waals surface area contributed by atoms with Crippen LogP contribution in [0, 0.1) is 0 Å². The molecule has 1 saturated heterocycles. The number of hydrogen-bond acceptors (Lipinski definition) is 3. The lowest BCUT2D eigenvalue weighted by atomic mass is 10.3. The predicted octanol–water partition coefficient (Wildman–Crippen LogP) is 1.56. The van der Waals surface area contributed by atoms with Crippen molar-refractivity contribution in [2.24, 2.45) is 0 Å². The minimum atomic E-state index is -3.39. The maximum absolute atomic E-state index is 12.3. The Morgan fingerprint density at radius 2 is 1.70 bits per heavy atom. The zero-order valence-electron chi connectivity index (χ0n) is 11.7. The van der Waals surface area contributed by atoms with Gasteiger partial charge in [0.2, 0.25) is 10.0 Å². The maximum atomic E-state index is 12.3. The molecule has 1 heterocycles. The van der Waals surface area contributed by atoms with Crippen LogP contribution in [0.25, 0.3) is 0 Å². The van der Waals surface area contributed by atoms with Gasteiger partial charge in [0.25, 0.3) is 0 Å². The van der Waals surface area contributed by atoms with Gasteiger partial charge in [0.15, 0.2) is 0 Å². The number of sulfonamides is 1. The minimum Gasteiger partial charge on any atom is -0.331 e. The van der Waals surface area contributed by atoms with Crippen LogP contribution in [0.4, 0.5) is 10.5 Å². The van der Waals surface area contributed by atoms with Crippen LogP contribution < -0.4 is 5.32 Å². The van der Waals surface area contributed by atoms with Gasteiger partial charge in [-0.25, -0.2) is 13.2 Å². The molecule has 20 heavy (non-hydrogen) atoms. The van der Waals surface area contributed by atoms with Crippen molar-refractivity contribution in [1.29, 1.82) is 0 Å². The number of urea groups is 1. The van der Waals surface area contributed by atoms with E-state index in [2.05, 4.69) is 5.32 Å². The number of rotatable bonds is 3. The van der Waals surface area contributed by atoms with E-state index in [0.717, 1.165) is 12.8 Å². The number of carbonyl (C=O) groups is 1. The molecule has 1 N–H and O–H groups in total. The van der Waals surface area contributed by atoms with Crippen LogP contribution in [0.2, 0.25) is 0 Å². The van der Waals surface area contributed by atoms with Crippen LogP contribution >= 0.6 is 0 Å². The summed E-state index contributed by atoms with van der Waals surface area (Å²) in [6, 6.07) is 6.01. The highest BCUT2D eigenvalue weighted by Crippen LogP contribution is 2.22. The summed E-state index contributed by atoms with van der Waals surface area (Å²) < 4.78 is 26.1. The first-order chi connectivity index (χ1) is 9.41. The van der Waals surface area contributed by atoms with E-state index in [9.17, 15) is 13.2 Å². The quantitative estimate of drug-likeness (QED) is 0.920. The van der Waals surface area contributed by atoms with Crippen LogP contribution in [-0.4, -0.2) is 50.8 Å². The van der Waals surface area contributed by atoms with Crippen LogP contribution in [0.3, 0.4) is 0 Å². The molecule has 2 amide bonds. The molecule has 1 fully saturated rings. The Hall–Kier alpha value is -1.60. The lowest BCUT2D eigenvalue weighted by Crippen LogP contribution is -2.28. The highest BCUT2D eigenvalue weighted by atomic mass is 32.2. The zero-order chi connectivity index (χ0) is 14.8. The summed E-state index contributed by atoms with van der Waals surface area (Å²) in [4.78, 5) is 13.2. The van der Waals surface area contributed by atoms with Crippen molar-refractivity contribution < 1.29 is 13.2 Å². The molecule has 1 aromatic rings. The molecule has 0 spiro atoms. The van der Waals surface area contributed by atoms with Crippen molar-refractivity contribution in [3.8, 4) is 0 Å². The largest absolute Gasteiger partial charge is 0.331 e. The molecule has 0 saturated carbocycles. The first kappa shape index (κ1) is 14.8. The van der Waals surface area contributed by atoms with Crippen molar-refractivity contribution in [2.45, 2.75) is 17.7 Å². The molecule has 0 unspecified atom stereocenters. The molecule has 0 atom stereocenters. The van der Waals surface area contributed by atoms with Gasteiger partial charge in [-0.05, 0) is 37.1 Å². The van der Waals surface area contributed by atoms with E-state index in [-0.39, 0.29) is 10.9 Å². The molecule has 7 heteroatoms. The summed E-state index contributed by atoms with van der Waals surface area (Å²) in [6.45, 7) is 1.17. The fraction of sp³-hybridized carbons (Fsp3) is 0.462. The lowest BCUT2D eigenvalue weighted by molar-refractivity contribution is 0.230. The Balaban J connectivity index is 2.13. The van der Waals surface area contributed by atoms with Crippen molar-refractivity contribution >= 4 is 21.7 Å². The summed E-state index contributed by atoms with van der Waals surface area (Å²) in [6.07, 6.45) is 1.83. The number of benzene rings is 1. The fourth-order valence-electron chi connectivity index (χ4n) is 2.02. The number of carbonyl (C=O) groups excluding carboxylic acids is 1. The SMILES string of the molecule is CN(C)C(=O)Nc1ccc(S(=O)(=O)N2CCCC2)cc1. The van der Waals surface area contributed by atoms with E-state index < -0.39 is 10.0 Å². The number of anilines is 1. The first-order valence-electron chi connectivity index (χ1n) is 6.50. The predicted molar refractivity (Wildman–Crippen MR) is 77.1 cm³/mol. The van der Waals surface area contributed by atoms with E-state index >= 15 is 0 Å². The second-order valence-corrected chi connectivity index (χ2v) is 6.90. The van der Waals surface area contributed by atoms with E-state index in [1.807, 2.05) is 0 Å². The molecule has 1 aliphatic heterocycles. The smallest absolute Gasteiger partial charge is 0.321 e. The molecule has 0 bridgehead atoms. The second-order valence-electron chi connectivity index (χ2n) is 4.96. The Morgan fingerprint density at radius 1 is 1.15 bits per heavy atom. The standard InChI is InChI=1S/C13H19N3O3S/c1-15(2)13(17)14-11-5-7-12(8-6-11)20(18,19)16-9-3-4-10-16/h5-8H,3-4,9-10H2,1-2H3,(H,14,17). The molecular formula is C13H19N3O3S. The number of nitrogens with zero attached hydrogens (tertiary/aromatic N) is 2. The highest BCUT2D eigenvalue weighted by molar-refractivity contribution is 7.89. The van der Waals surface area contributed by atoms with Crippen LogP contribution in [0.1, 0.15) is 12.8 Å². The van der Waals surface area contributed by atoms with Crippen molar-refractivity contribution in [3.63, 3.8) is 0 Å². The Labute approximate surface area is 119 Å². The maximum Gasteiger partial charge on any atom is 0.321 e. The van der Waals surface area contributed by atoms with E-state index in [1.54, 1.807) is 26.2 Å². The molecule has 1 aromatic carbocycles. The Kier molecular flexibility index (Phi) is 4.29. The third-order valence-electron chi connectivity index (χ3n) is 3.21. The molecular weight excluding hydrogens is 278 g/mol. The number of nitrogens with one attached hydrogen (secondary N) is 1. The highest BCUT2D eigenvalue weighted by Gasteiger charge is 2.26.